The third-order valence-corrected chi connectivity index (χ3v) is 5.11. The van der Waals surface area contributed by atoms with Crippen molar-refractivity contribution in [1.29, 1.82) is 0 Å². The zero-order valence-corrected chi connectivity index (χ0v) is 14.5. The normalized spacial score (nSPS) is 12.2. The number of aromatic amines is 1. The Bertz CT molecular complexity index is 973. The van der Waals surface area contributed by atoms with E-state index in [0.717, 1.165) is 5.69 Å². The first-order chi connectivity index (χ1) is 10.8. The molecule has 0 aliphatic carbocycles. The first-order valence-corrected chi connectivity index (χ1v) is 8.99. The topological polar surface area (TPSA) is 79.8 Å². The minimum Gasteiger partial charge on any atom is -0.360 e. The standard InChI is InChI=1S/C15H17ClN4O2S/c1-9(2)20-15(6-10(3)18-20)19-23(21,22)14-8-17-13-7-11(16)4-5-12(13)14/h4-9,17,19H,1-3H3. The highest BCUT2D eigenvalue weighted by molar-refractivity contribution is 7.93. The van der Waals surface area contributed by atoms with Crippen molar-refractivity contribution in [3.8, 4) is 0 Å². The molecule has 122 valence electrons. The molecule has 0 aliphatic rings. The fourth-order valence-corrected chi connectivity index (χ4v) is 3.86. The number of aryl methyl sites for hydroxylation is 1. The number of anilines is 1. The number of nitrogens with one attached hydrogen (secondary N) is 2. The predicted molar refractivity (Wildman–Crippen MR) is 91.5 cm³/mol. The van der Waals surface area contributed by atoms with Gasteiger partial charge in [-0.1, -0.05) is 11.6 Å². The Morgan fingerprint density at radius 3 is 2.74 bits per heavy atom. The lowest BCUT2D eigenvalue weighted by molar-refractivity contribution is 0.535. The highest BCUT2D eigenvalue weighted by atomic mass is 35.5. The molecule has 6 nitrogen and oxygen atoms in total. The summed E-state index contributed by atoms with van der Waals surface area (Å²) >= 11 is 5.93. The molecule has 0 fully saturated rings. The molecular formula is C15H17ClN4O2S. The van der Waals surface area contributed by atoms with Crippen LogP contribution in [-0.2, 0) is 10.0 Å². The molecule has 2 N–H and O–H groups in total. The van der Waals surface area contributed by atoms with Crippen LogP contribution in [0.2, 0.25) is 5.02 Å². The molecule has 0 bridgehead atoms. The van der Waals surface area contributed by atoms with Gasteiger partial charge in [-0.05, 0) is 39.0 Å². The molecule has 0 amide bonds. The van der Waals surface area contributed by atoms with Crippen LogP contribution >= 0.6 is 11.6 Å². The van der Waals surface area contributed by atoms with E-state index in [1.807, 2.05) is 20.8 Å². The minimum atomic E-state index is -3.74. The molecular weight excluding hydrogens is 336 g/mol. The van der Waals surface area contributed by atoms with Crippen LogP contribution in [0.5, 0.6) is 0 Å². The Labute approximate surface area is 139 Å². The van der Waals surface area contributed by atoms with E-state index in [1.54, 1.807) is 28.9 Å². The smallest absolute Gasteiger partial charge is 0.265 e. The van der Waals surface area contributed by atoms with Crippen molar-refractivity contribution in [2.45, 2.75) is 31.7 Å². The summed E-state index contributed by atoms with van der Waals surface area (Å²) in [6.07, 6.45) is 1.46. The Morgan fingerprint density at radius 1 is 1.30 bits per heavy atom. The highest BCUT2D eigenvalue weighted by Gasteiger charge is 2.22. The van der Waals surface area contributed by atoms with E-state index >= 15 is 0 Å². The molecule has 0 aliphatic heterocycles. The van der Waals surface area contributed by atoms with Crippen LogP contribution in [0.25, 0.3) is 10.9 Å². The predicted octanol–water partition coefficient (Wildman–Crippen LogP) is 3.71. The number of nitrogens with zero attached hydrogens (tertiary/aromatic N) is 2. The third-order valence-electron chi connectivity index (χ3n) is 3.48. The zero-order chi connectivity index (χ0) is 16.8. The number of rotatable bonds is 4. The van der Waals surface area contributed by atoms with Crippen LogP contribution in [0.1, 0.15) is 25.6 Å². The Hall–Kier alpha value is -1.99. The van der Waals surface area contributed by atoms with Crippen molar-refractivity contribution in [1.82, 2.24) is 14.8 Å². The number of fused-ring (bicyclic) bond motifs is 1. The molecule has 0 atom stereocenters. The van der Waals surface area contributed by atoms with Gasteiger partial charge in [0.15, 0.2) is 0 Å². The number of sulfonamides is 1. The lowest BCUT2D eigenvalue weighted by atomic mass is 10.2. The second-order valence-corrected chi connectivity index (χ2v) is 7.74. The maximum absolute atomic E-state index is 12.7. The van der Waals surface area contributed by atoms with Crippen molar-refractivity contribution in [3.05, 3.63) is 41.2 Å². The quantitative estimate of drug-likeness (QED) is 0.751. The first-order valence-electron chi connectivity index (χ1n) is 7.13. The summed E-state index contributed by atoms with van der Waals surface area (Å²) < 4.78 is 29.8. The number of hydrogen-bond donors (Lipinski definition) is 2. The van der Waals surface area contributed by atoms with Crippen molar-refractivity contribution in [3.63, 3.8) is 0 Å². The highest BCUT2D eigenvalue weighted by Crippen LogP contribution is 2.27. The van der Waals surface area contributed by atoms with Crippen LogP contribution in [0, 0.1) is 6.92 Å². The van der Waals surface area contributed by atoms with Gasteiger partial charge in [-0.25, -0.2) is 13.1 Å². The SMILES string of the molecule is Cc1cc(NS(=O)(=O)c2c[nH]c3cc(Cl)ccc23)n(C(C)C)n1. The number of halogens is 1. The van der Waals surface area contributed by atoms with Gasteiger partial charge in [-0.2, -0.15) is 5.10 Å². The maximum Gasteiger partial charge on any atom is 0.265 e. The van der Waals surface area contributed by atoms with Gasteiger partial charge in [-0.3, -0.25) is 4.72 Å². The van der Waals surface area contributed by atoms with Crippen LogP contribution < -0.4 is 4.72 Å². The zero-order valence-electron chi connectivity index (χ0n) is 13.0. The van der Waals surface area contributed by atoms with Gasteiger partial charge in [0.2, 0.25) is 0 Å². The Kier molecular flexibility index (Phi) is 3.85. The number of H-pyrrole nitrogens is 1. The number of aromatic nitrogens is 3. The van der Waals surface area contributed by atoms with Crippen LogP contribution in [-0.4, -0.2) is 23.2 Å². The second kappa shape index (κ2) is 5.58. The third kappa shape index (κ3) is 2.94. The molecule has 0 unspecified atom stereocenters. The van der Waals surface area contributed by atoms with E-state index in [1.165, 1.54) is 6.20 Å². The molecule has 2 heterocycles. The van der Waals surface area contributed by atoms with E-state index in [2.05, 4.69) is 14.8 Å². The molecule has 3 rings (SSSR count). The molecule has 0 saturated carbocycles. The molecule has 8 heteroatoms. The average Bonchev–Trinajstić information content (AvgIpc) is 3.01. The van der Waals surface area contributed by atoms with Gasteiger partial charge in [-0.15, -0.1) is 0 Å². The molecule has 3 aromatic rings. The summed E-state index contributed by atoms with van der Waals surface area (Å²) in [5.74, 6) is 0.445. The van der Waals surface area contributed by atoms with Crippen LogP contribution in [0.4, 0.5) is 5.82 Å². The van der Waals surface area contributed by atoms with Crippen LogP contribution in [0.3, 0.4) is 0 Å². The van der Waals surface area contributed by atoms with Gasteiger partial charge in [0, 0.05) is 34.2 Å². The molecule has 23 heavy (non-hydrogen) atoms. The summed E-state index contributed by atoms with van der Waals surface area (Å²) in [5, 5.41) is 5.45. The largest absolute Gasteiger partial charge is 0.360 e. The van der Waals surface area contributed by atoms with Gasteiger partial charge < -0.3 is 4.98 Å². The fraction of sp³-hybridized carbons (Fsp3) is 0.267. The van der Waals surface area contributed by atoms with Gasteiger partial charge in [0.25, 0.3) is 10.0 Å². The molecule has 0 radical (unpaired) electrons. The van der Waals surface area contributed by atoms with E-state index in [0.29, 0.717) is 21.7 Å². The lowest BCUT2D eigenvalue weighted by Gasteiger charge is -2.12. The van der Waals surface area contributed by atoms with Crippen molar-refractivity contribution in [2.24, 2.45) is 0 Å². The van der Waals surface area contributed by atoms with E-state index in [9.17, 15) is 8.42 Å². The van der Waals surface area contributed by atoms with E-state index in [4.69, 9.17) is 11.6 Å². The monoisotopic (exact) mass is 352 g/mol. The molecule has 1 aromatic carbocycles. The van der Waals surface area contributed by atoms with Gasteiger partial charge in [0.05, 0.1) is 5.69 Å². The maximum atomic E-state index is 12.7. The molecule has 0 spiro atoms. The minimum absolute atomic E-state index is 0.0446. The van der Waals surface area contributed by atoms with E-state index < -0.39 is 10.0 Å². The average molecular weight is 353 g/mol. The summed E-state index contributed by atoms with van der Waals surface area (Å²) in [7, 11) is -3.74. The fourth-order valence-electron chi connectivity index (χ4n) is 2.47. The van der Waals surface area contributed by atoms with Crippen LogP contribution in [0.15, 0.2) is 35.4 Å². The van der Waals surface area contributed by atoms with Crippen molar-refractivity contribution < 1.29 is 8.42 Å². The van der Waals surface area contributed by atoms with E-state index in [-0.39, 0.29) is 10.9 Å². The van der Waals surface area contributed by atoms with Gasteiger partial charge in [0.1, 0.15) is 10.7 Å². The Balaban J connectivity index is 2.05. The number of benzene rings is 1. The summed E-state index contributed by atoms with van der Waals surface area (Å²) in [6.45, 7) is 5.71. The summed E-state index contributed by atoms with van der Waals surface area (Å²) in [4.78, 5) is 3.12. The molecule has 0 saturated heterocycles. The summed E-state index contributed by atoms with van der Waals surface area (Å²) in [6, 6.07) is 6.80. The lowest BCUT2D eigenvalue weighted by Crippen LogP contribution is -2.17. The summed E-state index contributed by atoms with van der Waals surface area (Å²) in [5.41, 5.74) is 1.42. The van der Waals surface area contributed by atoms with Crippen molar-refractivity contribution >= 4 is 38.3 Å². The Morgan fingerprint density at radius 2 is 2.04 bits per heavy atom. The van der Waals surface area contributed by atoms with Crippen molar-refractivity contribution in [2.75, 3.05) is 4.72 Å². The number of hydrogen-bond acceptors (Lipinski definition) is 3. The van der Waals surface area contributed by atoms with Gasteiger partial charge >= 0.3 is 0 Å². The first kappa shape index (κ1) is 15.9. The second-order valence-electron chi connectivity index (χ2n) is 5.66. The molecule has 2 aromatic heterocycles.